The van der Waals surface area contributed by atoms with E-state index in [9.17, 15) is 18.4 Å². The number of ether oxygens (including phenoxy) is 3. The Kier molecular flexibility index (Phi) is 7.32. The van der Waals surface area contributed by atoms with Crippen molar-refractivity contribution < 1.29 is 32.6 Å². The Hall–Kier alpha value is -4.31. The lowest BCUT2D eigenvalue weighted by Crippen LogP contribution is -2.42. The van der Waals surface area contributed by atoms with Gasteiger partial charge in [-0.15, -0.1) is 0 Å². The second-order valence-corrected chi connectivity index (χ2v) is 8.83. The zero-order chi connectivity index (χ0) is 26.6. The SMILES string of the molecule is COCCN(CC(=O)N1N=C(c2ccccc2F)CC1c1ccc2c(c1)OCO2)C(=O)c1cccc(F)c1. The normalized spacial score (nSPS) is 15.9. The highest BCUT2D eigenvalue weighted by Crippen LogP contribution is 2.39. The standard InChI is InChI=1S/C28H25F2N3O5/c1-36-12-11-32(28(35)19-5-4-6-20(29)13-19)16-27(34)33-24(18-9-10-25-26(14-18)38-17-37-25)15-23(31-33)21-7-2-3-8-22(21)30/h2-10,13-14,24H,11-12,15-17H2,1H3. The Morgan fingerprint density at radius 3 is 2.66 bits per heavy atom. The van der Waals surface area contributed by atoms with Gasteiger partial charge in [0, 0.05) is 31.2 Å². The van der Waals surface area contributed by atoms with E-state index < -0.39 is 29.5 Å². The number of methoxy groups -OCH3 is 1. The lowest BCUT2D eigenvalue weighted by molar-refractivity contribution is -0.133. The van der Waals surface area contributed by atoms with Crippen molar-refractivity contribution >= 4 is 17.5 Å². The van der Waals surface area contributed by atoms with Crippen molar-refractivity contribution in [1.29, 1.82) is 0 Å². The molecule has 1 atom stereocenters. The first kappa shape index (κ1) is 25.3. The molecule has 196 valence electrons. The van der Waals surface area contributed by atoms with Crippen LogP contribution in [0.15, 0.2) is 71.8 Å². The summed E-state index contributed by atoms with van der Waals surface area (Å²) in [5.74, 6) is -0.890. The van der Waals surface area contributed by atoms with E-state index in [2.05, 4.69) is 5.10 Å². The molecule has 3 aromatic rings. The van der Waals surface area contributed by atoms with Crippen molar-refractivity contribution in [2.75, 3.05) is 33.6 Å². The number of hydrogen-bond acceptors (Lipinski definition) is 6. The predicted molar refractivity (Wildman–Crippen MR) is 134 cm³/mol. The van der Waals surface area contributed by atoms with Crippen LogP contribution in [0.25, 0.3) is 0 Å². The van der Waals surface area contributed by atoms with Gasteiger partial charge >= 0.3 is 0 Å². The number of amides is 2. The minimum absolute atomic E-state index is 0.0970. The zero-order valence-electron chi connectivity index (χ0n) is 20.6. The van der Waals surface area contributed by atoms with Gasteiger partial charge in [-0.25, -0.2) is 13.8 Å². The molecule has 0 saturated heterocycles. The van der Waals surface area contributed by atoms with E-state index in [0.717, 1.165) is 11.6 Å². The van der Waals surface area contributed by atoms with Gasteiger partial charge in [0.1, 0.15) is 18.2 Å². The molecule has 2 heterocycles. The summed E-state index contributed by atoms with van der Waals surface area (Å²) in [4.78, 5) is 28.1. The number of benzene rings is 3. The van der Waals surface area contributed by atoms with Crippen LogP contribution >= 0.6 is 0 Å². The van der Waals surface area contributed by atoms with Crippen molar-refractivity contribution in [2.24, 2.45) is 5.10 Å². The molecule has 0 aromatic heterocycles. The number of halogens is 2. The van der Waals surface area contributed by atoms with E-state index in [1.807, 2.05) is 0 Å². The third-order valence-electron chi connectivity index (χ3n) is 6.38. The molecule has 0 saturated carbocycles. The number of nitrogens with zero attached hydrogens (tertiary/aromatic N) is 3. The maximum atomic E-state index is 14.6. The van der Waals surface area contributed by atoms with Crippen molar-refractivity contribution in [1.82, 2.24) is 9.91 Å². The molecule has 2 amide bonds. The number of hydrazone groups is 1. The first-order valence-electron chi connectivity index (χ1n) is 12.0. The van der Waals surface area contributed by atoms with Crippen LogP contribution in [0.5, 0.6) is 11.5 Å². The van der Waals surface area contributed by atoms with Gasteiger partial charge in [0.2, 0.25) is 6.79 Å². The Bertz CT molecular complexity index is 1400. The largest absolute Gasteiger partial charge is 0.454 e. The van der Waals surface area contributed by atoms with Gasteiger partial charge in [0.05, 0.1) is 18.4 Å². The van der Waals surface area contributed by atoms with E-state index in [-0.39, 0.29) is 38.5 Å². The number of hydrogen-bond donors (Lipinski definition) is 0. The van der Waals surface area contributed by atoms with Crippen LogP contribution in [0.1, 0.15) is 33.9 Å². The van der Waals surface area contributed by atoms with Gasteiger partial charge in [-0.1, -0.05) is 30.3 Å². The summed E-state index contributed by atoms with van der Waals surface area (Å²) in [6.45, 7) is 0.0290. The highest BCUT2D eigenvalue weighted by Gasteiger charge is 2.36. The Morgan fingerprint density at radius 1 is 1.05 bits per heavy atom. The van der Waals surface area contributed by atoms with Crippen molar-refractivity contribution in [2.45, 2.75) is 12.5 Å². The highest BCUT2D eigenvalue weighted by molar-refractivity contribution is 6.04. The molecule has 5 rings (SSSR count). The third-order valence-corrected chi connectivity index (χ3v) is 6.38. The lowest BCUT2D eigenvalue weighted by atomic mass is 9.97. The Balaban J connectivity index is 1.46. The molecule has 0 fully saturated rings. The summed E-state index contributed by atoms with van der Waals surface area (Å²) < 4.78 is 44.4. The lowest BCUT2D eigenvalue weighted by Gasteiger charge is -2.27. The fourth-order valence-corrected chi connectivity index (χ4v) is 4.47. The van der Waals surface area contributed by atoms with Gasteiger partial charge < -0.3 is 19.1 Å². The van der Waals surface area contributed by atoms with E-state index in [4.69, 9.17) is 14.2 Å². The van der Waals surface area contributed by atoms with Crippen LogP contribution in [-0.4, -0.2) is 61.0 Å². The molecule has 2 aliphatic rings. The Labute approximate surface area is 218 Å². The third kappa shape index (κ3) is 5.21. The molecule has 0 aliphatic carbocycles. The maximum absolute atomic E-state index is 14.6. The second-order valence-electron chi connectivity index (χ2n) is 8.83. The number of fused-ring (bicyclic) bond motifs is 1. The molecule has 0 N–H and O–H groups in total. The minimum Gasteiger partial charge on any atom is -0.454 e. The minimum atomic E-state index is -0.569. The summed E-state index contributed by atoms with van der Waals surface area (Å²) in [7, 11) is 1.48. The van der Waals surface area contributed by atoms with Gasteiger partial charge in [0.15, 0.2) is 11.5 Å². The fraction of sp³-hybridized carbons (Fsp3) is 0.250. The second kappa shape index (κ2) is 11.0. The summed E-state index contributed by atoms with van der Waals surface area (Å²) in [5, 5.41) is 5.78. The van der Waals surface area contributed by atoms with Gasteiger partial charge in [-0.2, -0.15) is 5.10 Å². The molecule has 0 radical (unpaired) electrons. The average Bonchev–Trinajstić information content (AvgIpc) is 3.58. The smallest absolute Gasteiger partial charge is 0.262 e. The van der Waals surface area contributed by atoms with E-state index in [0.29, 0.717) is 22.8 Å². The van der Waals surface area contributed by atoms with Gasteiger partial charge in [-0.3, -0.25) is 9.59 Å². The zero-order valence-corrected chi connectivity index (χ0v) is 20.6. The van der Waals surface area contributed by atoms with Crippen LogP contribution in [0.4, 0.5) is 8.78 Å². The van der Waals surface area contributed by atoms with Crippen LogP contribution < -0.4 is 9.47 Å². The summed E-state index contributed by atoms with van der Waals surface area (Å²) in [6, 6.07) is 16.2. The van der Waals surface area contributed by atoms with E-state index >= 15 is 0 Å². The van der Waals surface area contributed by atoms with Crippen LogP contribution in [0.3, 0.4) is 0 Å². The average molecular weight is 522 g/mol. The van der Waals surface area contributed by atoms with Crippen molar-refractivity contribution in [3.8, 4) is 11.5 Å². The summed E-state index contributed by atoms with van der Waals surface area (Å²) in [6.07, 6.45) is 0.252. The number of carbonyl (C=O) groups is 2. The quantitative estimate of drug-likeness (QED) is 0.445. The van der Waals surface area contributed by atoms with Gasteiger partial charge in [-0.05, 0) is 42.0 Å². The van der Waals surface area contributed by atoms with Crippen molar-refractivity contribution in [3.63, 3.8) is 0 Å². The molecule has 2 aliphatic heterocycles. The Morgan fingerprint density at radius 2 is 1.87 bits per heavy atom. The number of carbonyl (C=O) groups excluding carboxylic acids is 2. The molecule has 0 bridgehead atoms. The molecule has 1 unspecified atom stereocenters. The van der Waals surface area contributed by atoms with Crippen LogP contribution in [0.2, 0.25) is 0 Å². The molecule has 0 spiro atoms. The molecule has 38 heavy (non-hydrogen) atoms. The fourth-order valence-electron chi connectivity index (χ4n) is 4.47. The first-order valence-corrected chi connectivity index (χ1v) is 12.0. The predicted octanol–water partition coefficient (Wildman–Crippen LogP) is 4.16. The molecular weight excluding hydrogens is 496 g/mol. The molecule has 3 aromatic carbocycles. The highest BCUT2D eigenvalue weighted by atomic mass is 19.1. The van der Waals surface area contributed by atoms with E-state index in [1.54, 1.807) is 36.4 Å². The van der Waals surface area contributed by atoms with E-state index in [1.165, 1.54) is 41.3 Å². The molecule has 10 heteroatoms. The summed E-state index contributed by atoms with van der Waals surface area (Å²) in [5.41, 5.74) is 1.52. The first-order chi connectivity index (χ1) is 18.4. The van der Waals surface area contributed by atoms with Crippen molar-refractivity contribution in [3.05, 3.63) is 95.1 Å². The number of rotatable bonds is 8. The topological polar surface area (TPSA) is 80.7 Å². The van der Waals surface area contributed by atoms with Crippen LogP contribution in [-0.2, 0) is 9.53 Å². The van der Waals surface area contributed by atoms with Gasteiger partial charge in [0.25, 0.3) is 11.8 Å². The monoisotopic (exact) mass is 521 g/mol. The summed E-state index contributed by atoms with van der Waals surface area (Å²) >= 11 is 0. The van der Waals surface area contributed by atoms with Crippen LogP contribution in [0, 0.1) is 11.6 Å². The molecule has 8 nitrogen and oxygen atoms in total. The maximum Gasteiger partial charge on any atom is 0.262 e. The molecular formula is C28H25F2N3O5.